The molecule has 2 aromatic rings. The lowest BCUT2D eigenvalue weighted by Crippen LogP contribution is -2.60. The number of rotatable bonds is 7. The van der Waals surface area contributed by atoms with Crippen molar-refractivity contribution in [3.63, 3.8) is 0 Å². The molecule has 2 aliphatic rings. The van der Waals surface area contributed by atoms with E-state index in [1.165, 1.54) is 7.11 Å². The molecule has 6 N–H and O–H groups in total. The van der Waals surface area contributed by atoms with Gasteiger partial charge in [0, 0.05) is 30.2 Å². The smallest absolute Gasteiger partial charge is 0.229 e. The quantitative estimate of drug-likeness (QED) is 0.324. The van der Waals surface area contributed by atoms with E-state index in [9.17, 15) is 30.6 Å². The predicted octanol–water partition coefficient (Wildman–Crippen LogP) is 0.181. The van der Waals surface area contributed by atoms with Gasteiger partial charge in [-0.1, -0.05) is 6.07 Å². The van der Waals surface area contributed by atoms with Gasteiger partial charge in [-0.15, -0.1) is 0 Å². The lowest BCUT2D eigenvalue weighted by atomic mass is 9.94. The third-order valence-corrected chi connectivity index (χ3v) is 6.27. The number of methoxy groups -OCH3 is 1. The summed E-state index contributed by atoms with van der Waals surface area (Å²) in [6.45, 7) is -0.721. The Kier molecular flexibility index (Phi) is 7.46. The van der Waals surface area contributed by atoms with Gasteiger partial charge < -0.3 is 49.6 Å². The summed E-state index contributed by atoms with van der Waals surface area (Å²) in [6, 6.07) is 8.45. The predicted molar refractivity (Wildman–Crippen MR) is 118 cm³/mol. The summed E-state index contributed by atoms with van der Waals surface area (Å²) in [5.41, 5.74) is 2.05. The van der Waals surface area contributed by atoms with Crippen LogP contribution < -0.4 is 14.2 Å². The number of hydrogen-bond acceptors (Lipinski definition) is 10. The molecule has 0 unspecified atom stereocenters. The van der Waals surface area contributed by atoms with E-state index in [1.807, 2.05) is 0 Å². The first-order valence-corrected chi connectivity index (χ1v) is 11.1. The van der Waals surface area contributed by atoms with Gasteiger partial charge in [-0.3, -0.25) is 0 Å². The van der Waals surface area contributed by atoms with E-state index in [-0.39, 0.29) is 24.5 Å². The molecule has 0 saturated carbocycles. The average molecular weight is 478 g/mol. The van der Waals surface area contributed by atoms with Crippen LogP contribution in [0.4, 0.5) is 0 Å². The topological polar surface area (TPSA) is 158 Å². The molecule has 0 radical (unpaired) electrons. The highest BCUT2D eigenvalue weighted by atomic mass is 16.7. The second kappa shape index (κ2) is 10.3. The number of aryl methyl sites for hydroxylation is 1. The Hall–Kier alpha value is -2.60. The largest absolute Gasteiger partial charge is 0.508 e. The zero-order valence-corrected chi connectivity index (χ0v) is 18.7. The van der Waals surface area contributed by atoms with Crippen LogP contribution >= 0.6 is 0 Å². The standard InChI is InChI=1S/C24H30O10/c1-31-13-4-5-15(17-7-3-12-2-6-16(27)14(8-9-25)23(12)32-17)18(10-13)33-24-22(30)21(29)20(28)19(11-26)34-24/h2,4-6,10,17,19-22,24-30H,3,7-9,11H2,1H3/t17-,19+,20+,21-,22+,24-/m0/s1. The van der Waals surface area contributed by atoms with Gasteiger partial charge in [-0.25, -0.2) is 0 Å². The highest BCUT2D eigenvalue weighted by molar-refractivity contribution is 5.52. The maximum atomic E-state index is 10.4. The Bertz CT molecular complexity index is 994. The summed E-state index contributed by atoms with van der Waals surface area (Å²) in [5, 5.41) is 59.7. The molecule has 0 aliphatic carbocycles. The Morgan fingerprint density at radius 3 is 2.53 bits per heavy atom. The highest BCUT2D eigenvalue weighted by Crippen LogP contribution is 2.44. The molecule has 0 bridgehead atoms. The molecule has 10 heteroatoms. The number of fused-ring (bicyclic) bond motifs is 1. The van der Waals surface area contributed by atoms with Crippen molar-refractivity contribution in [3.8, 4) is 23.0 Å². The molecule has 1 saturated heterocycles. The molecule has 1 fully saturated rings. The van der Waals surface area contributed by atoms with Crippen LogP contribution in [0.2, 0.25) is 0 Å². The van der Waals surface area contributed by atoms with Gasteiger partial charge in [0.25, 0.3) is 0 Å². The van der Waals surface area contributed by atoms with Crippen LogP contribution in [0.15, 0.2) is 30.3 Å². The van der Waals surface area contributed by atoms with Gasteiger partial charge in [0.15, 0.2) is 0 Å². The Morgan fingerprint density at radius 1 is 1.03 bits per heavy atom. The number of hydrogen-bond donors (Lipinski definition) is 6. The van der Waals surface area contributed by atoms with E-state index < -0.39 is 43.4 Å². The molecule has 2 aliphatic heterocycles. The van der Waals surface area contributed by atoms with E-state index in [1.54, 1.807) is 30.3 Å². The Labute approximate surface area is 196 Å². The highest BCUT2D eigenvalue weighted by Gasteiger charge is 2.45. The third-order valence-electron chi connectivity index (χ3n) is 6.27. The summed E-state index contributed by atoms with van der Waals surface area (Å²) in [5.74, 6) is 1.29. The van der Waals surface area contributed by atoms with E-state index in [2.05, 4.69) is 0 Å². The lowest BCUT2D eigenvalue weighted by molar-refractivity contribution is -0.277. The minimum Gasteiger partial charge on any atom is -0.508 e. The molecule has 2 aromatic carbocycles. The molecule has 10 nitrogen and oxygen atoms in total. The van der Waals surface area contributed by atoms with Gasteiger partial charge in [0.1, 0.15) is 53.5 Å². The fourth-order valence-corrected chi connectivity index (χ4v) is 4.37. The van der Waals surface area contributed by atoms with Crippen LogP contribution in [0.3, 0.4) is 0 Å². The Balaban J connectivity index is 1.65. The average Bonchev–Trinajstić information content (AvgIpc) is 2.85. The van der Waals surface area contributed by atoms with Gasteiger partial charge in [-0.05, 0) is 36.6 Å². The maximum Gasteiger partial charge on any atom is 0.229 e. The summed E-state index contributed by atoms with van der Waals surface area (Å²) in [4.78, 5) is 0. The van der Waals surface area contributed by atoms with Gasteiger partial charge >= 0.3 is 0 Å². The van der Waals surface area contributed by atoms with Crippen molar-refractivity contribution in [2.24, 2.45) is 0 Å². The van der Waals surface area contributed by atoms with E-state index >= 15 is 0 Å². The van der Waals surface area contributed by atoms with E-state index in [4.69, 9.17) is 18.9 Å². The first-order valence-electron chi connectivity index (χ1n) is 11.1. The van der Waals surface area contributed by atoms with Crippen LogP contribution in [0.25, 0.3) is 0 Å². The molecule has 6 atom stereocenters. The molecule has 0 amide bonds. The van der Waals surface area contributed by atoms with Crippen molar-refractivity contribution in [2.45, 2.75) is 56.1 Å². The molecule has 4 rings (SSSR count). The molecular formula is C24H30O10. The number of ether oxygens (including phenoxy) is 4. The third kappa shape index (κ3) is 4.65. The number of aliphatic hydroxyl groups excluding tert-OH is 5. The number of aromatic hydroxyl groups is 1. The second-order valence-corrected chi connectivity index (χ2v) is 8.39. The van der Waals surface area contributed by atoms with Crippen LogP contribution in [-0.2, 0) is 17.6 Å². The molecule has 0 aromatic heterocycles. The zero-order valence-electron chi connectivity index (χ0n) is 18.7. The van der Waals surface area contributed by atoms with Gasteiger partial charge in [0.05, 0.1) is 13.7 Å². The number of aliphatic hydroxyl groups is 5. The number of phenolic OH excluding ortho intramolecular Hbond substituents is 1. The van der Waals surface area contributed by atoms with Crippen molar-refractivity contribution in [2.75, 3.05) is 20.3 Å². The molecule has 0 spiro atoms. The fraction of sp³-hybridized carbons (Fsp3) is 0.500. The van der Waals surface area contributed by atoms with Crippen molar-refractivity contribution in [1.29, 1.82) is 0 Å². The van der Waals surface area contributed by atoms with Crippen molar-refractivity contribution in [3.05, 3.63) is 47.0 Å². The monoisotopic (exact) mass is 478 g/mol. The Morgan fingerprint density at radius 2 is 1.82 bits per heavy atom. The maximum absolute atomic E-state index is 10.4. The number of benzene rings is 2. The number of phenols is 1. The minimum atomic E-state index is -1.58. The van der Waals surface area contributed by atoms with Crippen molar-refractivity contribution < 1.29 is 49.6 Å². The van der Waals surface area contributed by atoms with E-state index in [0.717, 1.165) is 5.56 Å². The summed E-state index contributed by atoms with van der Waals surface area (Å²) in [7, 11) is 1.49. The molecule has 2 heterocycles. The van der Waals surface area contributed by atoms with Crippen LogP contribution in [0.5, 0.6) is 23.0 Å². The molecule has 186 valence electrons. The minimum absolute atomic E-state index is 0.0426. The summed E-state index contributed by atoms with van der Waals surface area (Å²) >= 11 is 0. The van der Waals surface area contributed by atoms with Crippen LogP contribution in [0, 0.1) is 0 Å². The first kappa shape index (κ1) is 24.5. The summed E-state index contributed by atoms with van der Waals surface area (Å²) in [6.07, 6.45) is -6.13. The van der Waals surface area contributed by atoms with Crippen LogP contribution in [0.1, 0.15) is 29.2 Å². The fourth-order valence-electron chi connectivity index (χ4n) is 4.37. The van der Waals surface area contributed by atoms with Gasteiger partial charge in [0.2, 0.25) is 6.29 Å². The van der Waals surface area contributed by atoms with Gasteiger partial charge in [-0.2, -0.15) is 0 Å². The molecule has 34 heavy (non-hydrogen) atoms. The normalized spacial score (nSPS) is 28.6. The SMILES string of the molecule is COc1ccc([C@@H]2CCc3ccc(O)c(CCO)c3O2)c(O[C@H]2O[C@H](CO)[C@@H](O)[C@H](O)[C@H]2O)c1. The first-order chi connectivity index (χ1) is 16.4. The molecular weight excluding hydrogens is 448 g/mol. The van der Waals surface area contributed by atoms with Crippen LogP contribution in [-0.4, -0.2) is 81.7 Å². The van der Waals surface area contributed by atoms with Crippen molar-refractivity contribution >= 4 is 0 Å². The second-order valence-electron chi connectivity index (χ2n) is 8.39. The summed E-state index contributed by atoms with van der Waals surface area (Å²) < 4.78 is 23.0. The van der Waals surface area contributed by atoms with E-state index in [0.29, 0.717) is 35.5 Å². The lowest BCUT2D eigenvalue weighted by Gasteiger charge is -2.40. The zero-order chi connectivity index (χ0) is 24.4. The van der Waals surface area contributed by atoms with Crippen molar-refractivity contribution in [1.82, 2.24) is 0 Å².